The fourth-order valence-corrected chi connectivity index (χ4v) is 3.26. The third kappa shape index (κ3) is 1.94. The summed E-state index contributed by atoms with van der Waals surface area (Å²) in [6.07, 6.45) is 8.25. The largest absolute Gasteiger partial charge is 0.347 e. The first-order valence-corrected chi connectivity index (χ1v) is 6.78. The Balaban J connectivity index is 2.77. The normalized spacial score (nSPS) is 19.2. The summed E-state index contributed by atoms with van der Waals surface area (Å²) in [4.78, 5) is 2.31. The van der Waals surface area contributed by atoms with Crippen LogP contribution in [0.2, 0.25) is 0 Å². The molecule has 19 heavy (non-hydrogen) atoms. The second kappa shape index (κ2) is 4.73. The van der Waals surface area contributed by atoms with Crippen LogP contribution in [0, 0.1) is 6.92 Å². The highest BCUT2D eigenvalue weighted by atomic mass is 15.2. The van der Waals surface area contributed by atoms with Crippen LogP contribution < -0.4 is 4.90 Å². The lowest BCUT2D eigenvalue weighted by Crippen LogP contribution is -2.23. The minimum absolute atomic E-state index is 0.0473. The van der Waals surface area contributed by atoms with E-state index in [9.17, 15) is 0 Å². The van der Waals surface area contributed by atoms with Gasteiger partial charge in [0.05, 0.1) is 0 Å². The van der Waals surface area contributed by atoms with Crippen LogP contribution in [0.5, 0.6) is 0 Å². The van der Waals surface area contributed by atoms with Crippen LogP contribution in [-0.4, -0.2) is 7.05 Å². The van der Waals surface area contributed by atoms with Gasteiger partial charge >= 0.3 is 0 Å². The minimum atomic E-state index is 0.0473. The summed E-state index contributed by atoms with van der Waals surface area (Å²) in [6, 6.07) is 4.43. The standard InChI is InChI=1S/C18H23N/c1-7-9-10-14-13(3)11-12-15-17(14)18(4,5)16(8-2)19(15)6/h7-12H,1H2,2-6H3/b10-9-,16-8?. The number of allylic oxidation sites excluding steroid dienone is 4. The minimum Gasteiger partial charge on any atom is -0.347 e. The van der Waals surface area contributed by atoms with Gasteiger partial charge in [-0.3, -0.25) is 0 Å². The van der Waals surface area contributed by atoms with Crippen molar-refractivity contribution in [1.29, 1.82) is 0 Å². The fourth-order valence-electron chi connectivity index (χ4n) is 3.26. The number of anilines is 1. The van der Waals surface area contributed by atoms with Crippen molar-refractivity contribution < 1.29 is 0 Å². The number of hydrogen-bond donors (Lipinski definition) is 0. The molecule has 0 atom stereocenters. The highest BCUT2D eigenvalue weighted by Gasteiger charge is 2.39. The van der Waals surface area contributed by atoms with Crippen LogP contribution in [0.4, 0.5) is 5.69 Å². The Morgan fingerprint density at radius 1 is 1.26 bits per heavy atom. The Morgan fingerprint density at radius 3 is 2.53 bits per heavy atom. The molecule has 0 fully saturated rings. The Bertz CT molecular complexity index is 574. The summed E-state index contributed by atoms with van der Waals surface area (Å²) < 4.78 is 0. The van der Waals surface area contributed by atoms with E-state index in [0.29, 0.717) is 0 Å². The first kappa shape index (κ1) is 13.7. The second-order valence-corrected chi connectivity index (χ2v) is 5.64. The lowest BCUT2D eigenvalue weighted by molar-refractivity contribution is 0.637. The molecule has 1 aliphatic heterocycles. The van der Waals surface area contributed by atoms with Crippen molar-refractivity contribution in [2.24, 2.45) is 0 Å². The molecular formula is C18H23N. The van der Waals surface area contributed by atoms with E-state index in [1.807, 2.05) is 12.2 Å². The number of hydrogen-bond acceptors (Lipinski definition) is 1. The second-order valence-electron chi connectivity index (χ2n) is 5.64. The first-order chi connectivity index (χ1) is 8.95. The van der Waals surface area contributed by atoms with Crippen LogP contribution in [-0.2, 0) is 5.41 Å². The van der Waals surface area contributed by atoms with Crippen LogP contribution >= 0.6 is 0 Å². The van der Waals surface area contributed by atoms with E-state index in [0.717, 1.165) is 0 Å². The van der Waals surface area contributed by atoms with Gasteiger partial charge in [-0.25, -0.2) is 0 Å². The van der Waals surface area contributed by atoms with Crippen molar-refractivity contribution in [2.45, 2.75) is 33.1 Å². The number of nitrogens with zero attached hydrogens (tertiary/aromatic N) is 1. The Labute approximate surface area is 116 Å². The summed E-state index contributed by atoms with van der Waals surface area (Å²) >= 11 is 0. The molecule has 0 spiro atoms. The Kier molecular flexibility index (Phi) is 3.40. The number of fused-ring (bicyclic) bond motifs is 1. The summed E-state index contributed by atoms with van der Waals surface area (Å²) in [5.74, 6) is 0. The van der Waals surface area contributed by atoms with Crippen LogP contribution in [0.3, 0.4) is 0 Å². The van der Waals surface area contributed by atoms with Crippen molar-refractivity contribution in [3.05, 3.63) is 59.3 Å². The van der Waals surface area contributed by atoms with Gasteiger partial charge in [-0.15, -0.1) is 0 Å². The molecule has 1 aromatic rings. The molecular weight excluding hydrogens is 230 g/mol. The van der Waals surface area contributed by atoms with E-state index in [1.165, 1.54) is 28.1 Å². The van der Waals surface area contributed by atoms with Crippen molar-refractivity contribution in [1.82, 2.24) is 0 Å². The van der Waals surface area contributed by atoms with Gasteiger partial charge < -0.3 is 4.90 Å². The van der Waals surface area contributed by atoms with Gasteiger partial charge in [-0.2, -0.15) is 0 Å². The average Bonchev–Trinajstić information content (AvgIpc) is 2.55. The van der Waals surface area contributed by atoms with Crippen LogP contribution in [0.25, 0.3) is 6.08 Å². The van der Waals surface area contributed by atoms with Crippen LogP contribution in [0.15, 0.2) is 42.6 Å². The fraction of sp³-hybridized carbons (Fsp3) is 0.333. The van der Waals surface area contributed by atoms with Crippen molar-refractivity contribution >= 4 is 11.8 Å². The van der Waals surface area contributed by atoms with Gasteiger partial charge in [0.2, 0.25) is 0 Å². The van der Waals surface area contributed by atoms with E-state index < -0.39 is 0 Å². The van der Waals surface area contributed by atoms with Gasteiger partial charge in [0, 0.05) is 23.8 Å². The highest BCUT2D eigenvalue weighted by molar-refractivity contribution is 5.78. The monoisotopic (exact) mass is 253 g/mol. The summed E-state index contributed by atoms with van der Waals surface area (Å²) in [5.41, 5.74) is 6.78. The average molecular weight is 253 g/mol. The van der Waals surface area contributed by atoms with Crippen molar-refractivity contribution in [3.63, 3.8) is 0 Å². The zero-order chi connectivity index (χ0) is 14.2. The Morgan fingerprint density at radius 2 is 1.95 bits per heavy atom. The SMILES string of the molecule is C=C/C=C\c1c(C)ccc2c1C(C)(C)C(=CC)N2C. The smallest absolute Gasteiger partial charge is 0.0454 e. The molecule has 0 N–H and O–H groups in total. The number of benzene rings is 1. The van der Waals surface area contributed by atoms with E-state index in [1.54, 1.807) is 0 Å². The molecule has 1 nitrogen and oxygen atoms in total. The van der Waals surface area contributed by atoms with Crippen molar-refractivity contribution in [3.8, 4) is 0 Å². The van der Waals surface area contributed by atoms with E-state index in [2.05, 4.69) is 70.5 Å². The maximum atomic E-state index is 3.77. The van der Waals surface area contributed by atoms with Crippen molar-refractivity contribution in [2.75, 3.05) is 11.9 Å². The molecule has 0 amide bonds. The van der Waals surface area contributed by atoms with Gasteiger partial charge in [0.1, 0.15) is 0 Å². The molecule has 0 radical (unpaired) electrons. The number of rotatable bonds is 2. The molecule has 0 aromatic heterocycles. The lowest BCUT2D eigenvalue weighted by atomic mass is 9.80. The molecule has 0 saturated heterocycles. The zero-order valence-corrected chi connectivity index (χ0v) is 12.6. The zero-order valence-electron chi connectivity index (χ0n) is 12.6. The summed E-state index contributed by atoms with van der Waals surface area (Å²) in [5, 5.41) is 0. The molecule has 100 valence electrons. The summed E-state index contributed by atoms with van der Waals surface area (Å²) in [6.45, 7) is 12.7. The van der Waals surface area contributed by atoms with E-state index >= 15 is 0 Å². The van der Waals surface area contributed by atoms with E-state index in [4.69, 9.17) is 0 Å². The molecule has 1 aromatic carbocycles. The molecule has 2 rings (SSSR count). The van der Waals surface area contributed by atoms with Gasteiger partial charge in [-0.1, -0.05) is 50.8 Å². The van der Waals surface area contributed by atoms with Gasteiger partial charge in [0.25, 0.3) is 0 Å². The molecule has 1 heterocycles. The number of aryl methyl sites for hydroxylation is 1. The highest BCUT2D eigenvalue weighted by Crippen LogP contribution is 2.49. The maximum Gasteiger partial charge on any atom is 0.0454 e. The van der Waals surface area contributed by atoms with Gasteiger partial charge in [0.15, 0.2) is 0 Å². The quantitative estimate of drug-likeness (QED) is 0.683. The molecule has 0 saturated carbocycles. The number of likely N-dealkylation sites (N-methyl/N-ethyl adjacent to an activating group) is 1. The van der Waals surface area contributed by atoms with E-state index in [-0.39, 0.29) is 5.41 Å². The predicted octanol–water partition coefficient (Wildman–Crippen LogP) is 4.83. The third-order valence-corrected chi connectivity index (χ3v) is 4.10. The maximum absolute atomic E-state index is 3.77. The third-order valence-electron chi connectivity index (χ3n) is 4.10. The van der Waals surface area contributed by atoms with Gasteiger partial charge in [-0.05, 0) is 36.6 Å². The Hall–Kier alpha value is -1.76. The molecule has 0 aliphatic carbocycles. The molecule has 0 bridgehead atoms. The van der Waals surface area contributed by atoms with Crippen LogP contribution in [0.1, 0.15) is 37.5 Å². The molecule has 1 heteroatoms. The lowest BCUT2D eigenvalue weighted by Gasteiger charge is -2.24. The first-order valence-electron chi connectivity index (χ1n) is 6.78. The topological polar surface area (TPSA) is 3.24 Å². The molecule has 1 aliphatic rings. The predicted molar refractivity (Wildman–Crippen MR) is 85.6 cm³/mol. The summed E-state index contributed by atoms with van der Waals surface area (Å²) in [7, 11) is 2.15. The molecule has 0 unspecified atom stereocenters.